The first kappa shape index (κ1) is 14.2. The van der Waals surface area contributed by atoms with Crippen LogP contribution in [0.1, 0.15) is 13.8 Å². The number of benzene rings is 1. The Labute approximate surface area is 118 Å². The number of hydrogen-bond donors (Lipinski definition) is 1. The fraction of sp³-hybridized carbons (Fsp3) is 0.500. The number of amides is 1. The van der Waals surface area contributed by atoms with Gasteiger partial charge < -0.3 is 15.0 Å². The summed E-state index contributed by atoms with van der Waals surface area (Å²) >= 11 is 5.45. The van der Waals surface area contributed by atoms with Crippen LogP contribution in [0, 0.1) is 0 Å². The molecular weight excluding hydrogens is 264 g/mol. The van der Waals surface area contributed by atoms with Crippen molar-refractivity contribution in [2.24, 2.45) is 0 Å². The Bertz CT molecular complexity index is 426. The number of carbonyl (C=O) groups excluding carboxylic acids is 1. The molecule has 1 aliphatic heterocycles. The maximum Gasteiger partial charge on any atom is 0.239 e. The number of morpholine rings is 1. The second-order valence-corrected chi connectivity index (χ2v) is 5.16. The zero-order valence-electron chi connectivity index (χ0n) is 11.2. The molecule has 1 fully saturated rings. The monoisotopic (exact) mass is 282 g/mol. The molecule has 104 valence electrons. The lowest BCUT2D eigenvalue weighted by Crippen LogP contribution is -2.45. The van der Waals surface area contributed by atoms with Gasteiger partial charge in [0.15, 0.2) is 0 Å². The lowest BCUT2D eigenvalue weighted by atomic mass is 10.2. The Morgan fingerprint density at radius 2 is 1.89 bits per heavy atom. The third-order valence-corrected chi connectivity index (χ3v) is 3.30. The van der Waals surface area contributed by atoms with Gasteiger partial charge in [0.1, 0.15) is 5.88 Å². The molecule has 4 nitrogen and oxygen atoms in total. The molecular formula is C14H19ClN2O2. The number of hydrogen-bond acceptors (Lipinski definition) is 3. The van der Waals surface area contributed by atoms with Crippen molar-refractivity contribution in [3.05, 3.63) is 24.3 Å². The van der Waals surface area contributed by atoms with Crippen LogP contribution in [-0.2, 0) is 9.53 Å². The van der Waals surface area contributed by atoms with Crippen LogP contribution in [0.2, 0.25) is 0 Å². The second-order valence-electron chi connectivity index (χ2n) is 4.89. The van der Waals surface area contributed by atoms with Gasteiger partial charge in [-0.1, -0.05) is 0 Å². The molecule has 1 amide bonds. The fourth-order valence-corrected chi connectivity index (χ4v) is 2.41. The van der Waals surface area contributed by atoms with Crippen molar-refractivity contribution >= 4 is 28.9 Å². The van der Waals surface area contributed by atoms with Crippen LogP contribution in [0.15, 0.2) is 24.3 Å². The normalized spacial score (nSPS) is 23.2. The summed E-state index contributed by atoms with van der Waals surface area (Å²) in [6.45, 7) is 5.94. The zero-order valence-corrected chi connectivity index (χ0v) is 12.0. The van der Waals surface area contributed by atoms with E-state index in [1.54, 1.807) is 0 Å². The van der Waals surface area contributed by atoms with E-state index < -0.39 is 0 Å². The molecule has 2 rings (SSSR count). The highest BCUT2D eigenvalue weighted by atomic mass is 35.5. The van der Waals surface area contributed by atoms with E-state index in [1.807, 2.05) is 24.3 Å². The zero-order chi connectivity index (χ0) is 13.8. The molecule has 2 atom stereocenters. The van der Waals surface area contributed by atoms with E-state index in [0.717, 1.165) is 24.5 Å². The summed E-state index contributed by atoms with van der Waals surface area (Å²) in [6.07, 6.45) is 0.471. The Kier molecular flexibility index (Phi) is 4.66. The van der Waals surface area contributed by atoms with E-state index in [4.69, 9.17) is 16.3 Å². The maximum atomic E-state index is 11.2. The van der Waals surface area contributed by atoms with Crippen LogP contribution >= 0.6 is 11.6 Å². The van der Waals surface area contributed by atoms with Crippen molar-refractivity contribution in [3.63, 3.8) is 0 Å². The SMILES string of the molecule is C[C@@H]1CN(c2ccc(NC(=O)CCl)cc2)C[C@H](C)O1. The lowest BCUT2D eigenvalue weighted by Gasteiger charge is -2.36. The van der Waals surface area contributed by atoms with Gasteiger partial charge in [0.25, 0.3) is 0 Å². The summed E-state index contributed by atoms with van der Waals surface area (Å²) in [5, 5.41) is 2.73. The van der Waals surface area contributed by atoms with Crippen LogP contribution in [0.4, 0.5) is 11.4 Å². The molecule has 0 unspecified atom stereocenters. The highest BCUT2D eigenvalue weighted by molar-refractivity contribution is 6.29. The van der Waals surface area contributed by atoms with Crippen molar-refractivity contribution < 1.29 is 9.53 Å². The summed E-state index contributed by atoms with van der Waals surface area (Å²) in [6, 6.07) is 7.80. The number of nitrogens with zero attached hydrogens (tertiary/aromatic N) is 1. The highest BCUT2D eigenvalue weighted by Gasteiger charge is 2.22. The molecule has 0 aromatic heterocycles. The molecule has 19 heavy (non-hydrogen) atoms. The highest BCUT2D eigenvalue weighted by Crippen LogP contribution is 2.22. The summed E-state index contributed by atoms with van der Waals surface area (Å²) in [4.78, 5) is 13.5. The Morgan fingerprint density at radius 3 is 2.42 bits per heavy atom. The van der Waals surface area contributed by atoms with Gasteiger partial charge in [-0.15, -0.1) is 11.6 Å². The molecule has 1 N–H and O–H groups in total. The minimum atomic E-state index is -0.192. The minimum Gasteiger partial charge on any atom is -0.372 e. The van der Waals surface area contributed by atoms with E-state index in [9.17, 15) is 4.79 Å². The minimum absolute atomic E-state index is 0.0275. The van der Waals surface area contributed by atoms with E-state index in [1.165, 1.54) is 0 Å². The van der Waals surface area contributed by atoms with Gasteiger partial charge in [-0.2, -0.15) is 0 Å². The number of halogens is 1. The topological polar surface area (TPSA) is 41.6 Å². The van der Waals surface area contributed by atoms with Crippen molar-refractivity contribution in [3.8, 4) is 0 Å². The number of anilines is 2. The molecule has 0 radical (unpaired) electrons. The van der Waals surface area contributed by atoms with Gasteiger partial charge in [0.05, 0.1) is 12.2 Å². The van der Waals surface area contributed by atoms with Gasteiger partial charge in [-0.3, -0.25) is 4.79 Å². The first-order valence-corrected chi connectivity index (χ1v) is 6.98. The quantitative estimate of drug-likeness (QED) is 0.866. The summed E-state index contributed by atoms with van der Waals surface area (Å²) < 4.78 is 5.72. The second kappa shape index (κ2) is 6.26. The number of carbonyl (C=O) groups is 1. The largest absolute Gasteiger partial charge is 0.372 e. The van der Waals surface area contributed by atoms with Gasteiger partial charge in [0.2, 0.25) is 5.91 Å². The smallest absolute Gasteiger partial charge is 0.239 e. The molecule has 0 bridgehead atoms. The molecule has 1 saturated heterocycles. The predicted molar refractivity (Wildman–Crippen MR) is 78.0 cm³/mol. The van der Waals surface area contributed by atoms with Gasteiger partial charge in [-0.25, -0.2) is 0 Å². The van der Waals surface area contributed by atoms with Crippen LogP contribution < -0.4 is 10.2 Å². The number of alkyl halides is 1. The Hall–Kier alpha value is -1.26. The van der Waals surface area contributed by atoms with Crippen LogP contribution in [-0.4, -0.2) is 37.1 Å². The van der Waals surface area contributed by atoms with Crippen molar-refractivity contribution in [1.82, 2.24) is 0 Å². The van der Waals surface area contributed by atoms with E-state index >= 15 is 0 Å². The third-order valence-electron chi connectivity index (χ3n) is 3.06. The summed E-state index contributed by atoms with van der Waals surface area (Å²) in [7, 11) is 0. The molecule has 1 aromatic carbocycles. The van der Waals surface area contributed by atoms with Crippen molar-refractivity contribution in [1.29, 1.82) is 0 Å². The average Bonchev–Trinajstić information content (AvgIpc) is 2.38. The molecule has 1 aliphatic rings. The molecule has 0 saturated carbocycles. The number of ether oxygens (including phenoxy) is 1. The molecule has 0 spiro atoms. The van der Waals surface area contributed by atoms with Gasteiger partial charge >= 0.3 is 0 Å². The standard InChI is InChI=1S/C14H19ClN2O2/c1-10-8-17(9-11(2)19-10)13-5-3-12(4-6-13)16-14(18)7-15/h3-6,10-11H,7-9H2,1-2H3,(H,16,18)/t10-,11+. The van der Waals surface area contributed by atoms with Gasteiger partial charge in [-0.05, 0) is 38.1 Å². The first-order valence-electron chi connectivity index (χ1n) is 6.44. The Morgan fingerprint density at radius 1 is 1.32 bits per heavy atom. The van der Waals surface area contributed by atoms with Crippen molar-refractivity contribution in [2.45, 2.75) is 26.1 Å². The maximum absolute atomic E-state index is 11.2. The van der Waals surface area contributed by atoms with Gasteiger partial charge in [0, 0.05) is 24.5 Å². The van der Waals surface area contributed by atoms with Crippen LogP contribution in [0.5, 0.6) is 0 Å². The lowest BCUT2D eigenvalue weighted by molar-refractivity contribution is -0.113. The van der Waals surface area contributed by atoms with Crippen LogP contribution in [0.3, 0.4) is 0 Å². The van der Waals surface area contributed by atoms with E-state index in [-0.39, 0.29) is 24.0 Å². The molecule has 0 aliphatic carbocycles. The molecule has 1 heterocycles. The predicted octanol–water partition coefficient (Wildman–Crippen LogP) is 2.48. The summed E-state index contributed by atoms with van der Waals surface area (Å²) in [5.74, 6) is -0.219. The Balaban J connectivity index is 2.03. The van der Waals surface area contributed by atoms with Crippen LogP contribution in [0.25, 0.3) is 0 Å². The number of nitrogens with one attached hydrogen (secondary N) is 1. The number of rotatable bonds is 3. The average molecular weight is 283 g/mol. The summed E-state index contributed by atoms with van der Waals surface area (Å²) in [5.41, 5.74) is 1.91. The third kappa shape index (κ3) is 3.85. The van der Waals surface area contributed by atoms with Crippen molar-refractivity contribution in [2.75, 3.05) is 29.2 Å². The first-order chi connectivity index (χ1) is 9.08. The molecule has 1 aromatic rings. The molecule has 5 heteroatoms. The van der Waals surface area contributed by atoms with E-state index in [2.05, 4.69) is 24.1 Å². The van der Waals surface area contributed by atoms with E-state index in [0.29, 0.717) is 0 Å². The fourth-order valence-electron chi connectivity index (χ4n) is 2.34.